The fraction of sp³-hybridized carbons (Fsp3) is 0.111. The number of nitrogens with one attached hydrogen (secondary N) is 2. The third-order valence-corrected chi connectivity index (χ3v) is 3.74. The Hall–Kier alpha value is -3.48. The smallest absolute Gasteiger partial charge is 0.319 e. The topological polar surface area (TPSA) is 77.4 Å². The van der Waals surface area contributed by atoms with Crippen molar-refractivity contribution in [2.75, 3.05) is 12.1 Å². The lowest BCUT2D eigenvalue weighted by molar-refractivity contribution is 0.174. The number of carbonyl (C=O) groups excluding carboxylic acids is 1. The number of ether oxygens (including phenoxy) is 2. The van der Waals surface area contributed by atoms with Crippen LogP contribution in [0, 0.1) is 0 Å². The van der Waals surface area contributed by atoms with Gasteiger partial charge in [0.2, 0.25) is 6.79 Å². The summed E-state index contributed by atoms with van der Waals surface area (Å²) in [5.41, 5.74) is 2.52. The first kappa shape index (κ1) is 15.1. The Kier molecular flexibility index (Phi) is 3.96. The number of nitrogens with zero attached hydrogens (tertiary/aromatic N) is 2. The van der Waals surface area contributed by atoms with Crippen LogP contribution in [0.2, 0.25) is 0 Å². The molecule has 1 aliphatic rings. The van der Waals surface area contributed by atoms with Gasteiger partial charge in [0.15, 0.2) is 11.5 Å². The molecule has 0 radical (unpaired) electrons. The average molecular weight is 336 g/mol. The summed E-state index contributed by atoms with van der Waals surface area (Å²) < 4.78 is 12.3. The van der Waals surface area contributed by atoms with E-state index in [1.54, 1.807) is 29.1 Å². The molecule has 3 aromatic rings. The highest BCUT2D eigenvalue weighted by atomic mass is 16.7. The molecule has 0 saturated heterocycles. The third-order valence-electron chi connectivity index (χ3n) is 3.74. The number of hydrogen-bond donors (Lipinski definition) is 2. The van der Waals surface area contributed by atoms with Gasteiger partial charge in [0.05, 0.1) is 11.9 Å². The largest absolute Gasteiger partial charge is 0.454 e. The van der Waals surface area contributed by atoms with E-state index in [9.17, 15) is 4.79 Å². The average Bonchev–Trinajstić information content (AvgIpc) is 3.30. The molecular formula is C18H16N4O3. The SMILES string of the molecule is O=C(NCc1cnn(-c2ccccc2)c1)Nc1ccc2c(c1)OCO2. The second-order valence-electron chi connectivity index (χ2n) is 5.50. The first-order chi connectivity index (χ1) is 12.3. The monoisotopic (exact) mass is 336 g/mol. The fourth-order valence-corrected chi connectivity index (χ4v) is 2.51. The molecule has 0 fully saturated rings. The fourth-order valence-electron chi connectivity index (χ4n) is 2.51. The van der Waals surface area contributed by atoms with Gasteiger partial charge in [-0.3, -0.25) is 0 Å². The number of carbonyl (C=O) groups is 1. The van der Waals surface area contributed by atoms with Crippen molar-refractivity contribution in [2.45, 2.75) is 6.54 Å². The van der Waals surface area contributed by atoms with E-state index in [1.807, 2.05) is 36.5 Å². The van der Waals surface area contributed by atoms with Crippen LogP contribution in [0.5, 0.6) is 11.5 Å². The maximum Gasteiger partial charge on any atom is 0.319 e. The lowest BCUT2D eigenvalue weighted by atomic mass is 10.3. The number of urea groups is 1. The van der Waals surface area contributed by atoms with Gasteiger partial charge in [0.25, 0.3) is 0 Å². The molecule has 2 aromatic carbocycles. The summed E-state index contributed by atoms with van der Waals surface area (Å²) in [6, 6.07) is 14.8. The Labute approximate surface area is 144 Å². The standard InChI is InChI=1S/C18H16N4O3/c23-18(21-14-6-7-16-17(8-14)25-12-24-16)19-9-13-10-20-22(11-13)15-4-2-1-3-5-15/h1-8,10-11H,9,12H2,(H2,19,21,23). The molecule has 25 heavy (non-hydrogen) atoms. The minimum atomic E-state index is -0.300. The molecule has 7 nitrogen and oxygen atoms in total. The highest BCUT2D eigenvalue weighted by molar-refractivity contribution is 5.89. The van der Waals surface area contributed by atoms with Gasteiger partial charge in [-0.15, -0.1) is 0 Å². The van der Waals surface area contributed by atoms with E-state index >= 15 is 0 Å². The van der Waals surface area contributed by atoms with Crippen molar-refractivity contribution in [2.24, 2.45) is 0 Å². The molecule has 4 rings (SSSR count). The van der Waals surface area contributed by atoms with Crippen LogP contribution in [0.25, 0.3) is 5.69 Å². The molecule has 0 atom stereocenters. The molecule has 0 spiro atoms. The molecule has 0 saturated carbocycles. The van der Waals surface area contributed by atoms with Crippen LogP contribution in [0.15, 0.2) is 60.9 Å². The van der Waals surface area contributed by atoms with Crippen molar-refractivity contribution in [3.63, 3.8) is 0 Å². The van der Waals surface area contributed by atoms with Gasteiger partial charge in [0.1, 0.15) is 0 Å². The summed E-state index contributed by atoms with van der Waals surface area (Å²) in [5, 5.41) is 9.87. The molecule has 7 heteroatoms. The highest BCUT2D eigenvalue weighted by Crippen LogP contribution is 2.34. The van der Waals surface area contributed by atoms with Crippen molar-refractivity contribution in [3.8, 4) is 17.2 Å². The predicted molar refractivity (Wildman–Crippen MR) is 92.0 cm³/mol. The van der Waals surface area contributed by atoms with E-state index in [0.717, 1.165) is 11.3 Å². The maximum atomic E-state index is 12.0. The van der Waals surface area contributed by atoms with E-state index < -0.39 is 0 Å². The van der Waals surface area contributed by atoms with Gasteiger partial charge in [0, 0.05) is 30.1 Å². The van der Waals surface area contributed by atoms with Crippen molar-refractivity contribution < 1.29 is 14.3 Å². The molecule has 2 heterocycles. The predicted octanol–water partition coefficient (Wildman–Crippen LogP) is 2.92. The van der Waals surface area contributed by atoms with Crippen LogP contribution < -0.4 is 20.1 Å². The molecule has 2 amide bonds. The Morgan fingerprint density at radius 3 is 2.84 bits per heavy atom. The van der Waals surface area contributed by atoms with Gasteiger partial charge in [-0.2, -0.15) is 5.10 Å². The Balaban J connectivity index is 1.34. The lowest BCUT2D eigenvalue weighted by Gasteiger charge is -2.07. The van der Waals surface area contributed by atoms with Gasteiger partial charge in [-0.25, -0.2) is 9.48 Å². The first-order valence-electron chi connectivity index (χ1n) is 7.81. The second kappa shape index (κ2) is 6.56. The lowest BCUT2D eigenvalue weighted by Crippen LogP contribution is -2.28. The van der Waals surface area contributed by atoms with Crippen LogP contribution in [-0.4, -0.2) is 22.6 Å². The molecule has 126 valence electrons. The maximum absolute atomic E-state index is 12.0. The second-order valence-corrected chi connectivity index (χ2v) is 5.50. The van der Waals surface area contributed by atoms with Crippen LogP contribution in [0.3, 0.4) is 0 Å². The van der Waals surface area contributed by atoms with Crippen molar-refractivity contribution in [1.82, 2.24) is 15.1 Å². The van der Waals surface area contributed by atoms with E-state index in [1.165, 1.54) is 0 Å². The summed E-state index contributed by atoms with van der Waals surface area (Å²) in [6.07, 6.45) is 3.62. The summed E-state index contributed by atoms with van der Waals surface area (Å²) in [5.74, 6) is 1.31. The van der Waals surface area contributed by atoms with Crippen molar-refractivity contribution >= 4 is 11.7 Å². The third kappa shape index (κ3) is 3.40. The number of benzene rings is 2. The van der Waals surface area contributed by atoms with E-state index in [4.69, 9.17) is 9.47 Å². The quantitative estimate of drug-likeness (QED) is 0.768. The van der Waals surface area contributed by atoms with Crippen LogP contribution in [0.4, 0.5) is 10.5 Å². The van der Waals surface area contributed by atoms with Crippen LogP contribution in [0.1, 0.15) is 5.56 Å². The summed E-state index contributed by atoms with van der Waals surface area (Å²) >= 11 is 0. The summed E-state index contributed by atoms with van der Waals surface area (Å²) in [6.45, 7) is 0.583. The highest BCUT2D eigenvalue weighted by Gasteiger charge is 2.14. The number of hydrogen-bond acceptors (Lipinski definition) is 4. The first-order valence-corrected chi connectivity index (χ1v) is 7.81. The molecule has 1 aliphatic heterocycles. The Morgan fingerprint density at radius 1 is 1.12 bits per heavy atom. The summed E-state index contributed by atoms with van der Waals surface area (Å²) in [4.78, 5) is 12.0. The van der Waals surface area contributed by atoms with Gasteiger partial charge in [-0.1, -0.05) is 18.2 Å². The Morgan fingerprint density at radius 2 is 1.96 bits per heavy atom. The minimum Gasteiger partial charge on any atom is -0.454 e. The molecule has 0 aliphatic carbocycles. The molecular weight excluding hydrogens is 320 g/mol. The van der Waals surface area contributed by atoms with E-state index in [-0.39, 0.29) is 12.8 Å². The molecule has 1 aromatic heterocycles. The number of fused-ring (bicyclic) bond motifs is 1. The number of rotatable bonds is 4. The van der Waals surface area contributed by atoms with Gasteiger partial charge < -0.3 is 20.1 Å². The van der Waals surface area contributed by atoms with Crippen LogP contribution >= 0.6 is 0 Å². The van der Waals surface area contributed by atoms with Gasteiger partial charge in [-0.05, 0) is 24.3 Å². The summed E-state index contributed by atoms with van der Waals surface area (Å²) in [7, 11) is 0. The van der Waals surface area contributed by atoms with Crippen molar-refractivity contribution in [1.29, 1.82) is 0 Å². The number of aromatic nitrogens is 2. The molecule has 0 bridgehead atoms. The number of amides is 2. The zero-order chi connectivity index (χ0) is 17.1. The normalized spacial score (nSPS) is 12.0. The van der Waals surface area contributed by atoms with Crippen LogP contribution in [-0.2, 0) is 6.54 Å². The van der Waals surface area contributed by atoms with Gasteiger partial charge >= 0.3 is 6.03 Å². The minimum absolute atomic E-state index is 0.205. The molecule has 0 unspecified atom stereocenters. The molecule has 2 N–H and O–H groups in total. The number of para-hydroxylation sites is 1. The zero-order valence-electron chi connectivity index (χ0n) is 13.3. The van der Waals surface area contributed by atoms with E-state index in [0.29, 0.717) is 23.7 Å². The van der Waals surface area contributed by atoms with E-state index in [2.05, 4.69) is 15.7 Å². The Bertz CT molecular complexity index is 892. The zero-order valence-corrected chi connectivity index (χ0v) is 13.3. The van der Waals surface area contributed by atoms with Crippen molar-refractivity contribution in [3.05, 3.63) is 66.5 Å². The number of anilines is 1.